The molecule has 2 rings (SSSR count). The van der Waals surface area contributed by atoms with Crippen LogP contribution < -0.4 is 0 Å². The molecule has 1 aliphatic carbocycles. The second kappa shape index (κ2) is 7.01. The molecule has 0 aromatic carbocycles. The number of nitrogens with zero attached hydrogens (tertiary/aromatic N) is 2. The summed E-state index contributed by atoms with van der Waals surface area (Å²) in [6.45, 7) is 8.59. The van der Waals surface area contributed by atoms with E-state index in [-0.39, 0.29) is 11.9 Å². The molecule has 4 nitrogen and oxygen atoms in total. The van der Waals surface area contributed by atoms with Crippen LogP contribution in [0.3, 0.4) is 0 Å². The first-order chi connectivity index (χ1) is 10.0. The van der Waals surface area contributed by atoms with Gasteiger partial charge in [-0.05, 0) is 31.6 Å². The van der Waals surface area contributed by atoms with Crippen molar-refractivity contribution in [1.29, 1.82) is 0 Å². The highest BCUT2D eigenvalue weighted by atomic mass is 16.5. The number of aromatic nitrogens is 2. The summed E-state index contributed by atoms with van der Waals surface area (Å²) < 4.78 is 5.10. The van der Waals surface area contributed by atoms with E-state index in [0.717, 1.165) is 30.3 Å². The molecule has 0 spiro atoms. The fourth-order valence-corrected chi connectivity index (χ4v) is 3.08. The second-order valence-electron chi connectivity index (χ2n) is 6.37. The average molecular weight is 290 g/mol. The summed E-state index contributed by atoms with van der Waals surface area (Å²) in [6.07, 6.45) is 6.51. The van der Waals surface area contributed by atoms with E-state index in [2.05, 4.69) is 25.8 Å². The molecule has 1 heterocycles. The van der Waals surface area contributed by atoms with E-state index in [0.29, 0.717) is 18.1 Å². The third-order valence-electron chi connectivity index (χ3n) is 4.18. The molecular weight excluding hydrogens is 264 g/mol. The highest BCUT2D eigenvalue weighted by Crippen LogP contribution is 2.35. The Morgan fingerprint density at radius 3 is 2.81 bits per heavy atom. The van der Waals surface area contributed by atoms with Crippen LogP contribution in [0.4, 0.5) is 0 Å². The molecule has 0 saturated heterocycles. The number of hydrogen-bond acceptors (Lipinski definition) is 4. The lowest BCUT2D eigenvalue weighted by molar-refractivity contribution is 0.0523. The molecule has 1 aromatic rings. The van der Waals surface area contributed by atoms with Crippen LogP contribution >= 0.6 is 0 Å². The van der Waals surface area contributed by atoms with Crippen LogP contribution in [0.25, 0.3) is 0 Å². The number of hydrogen-bond donors (Lipinski definition) is 0. The smallest absolute Gasteiger partial charge is 0.341 e. The number of esters is 1. The summed E-state index contributed by atoms with van der Waals surface area (Å²) in [5.41, 5.74) is 1.33. The highest BCUT2D eigenvalue weighted by molar-refractivity contribution is 5.90. The van der Waals surface area contributed by atoms with Gasteiger partial charge >= 0.3 is 5.97 Å². The Balaban J connectivity index is 2.29. The second-order valence-corrected chi connectivity index (χ2v) is 6.37. The Hall–Kier alpha value is -1.45. The third-order valence-corrected chi connectivity index (χ3v) is 4.18. The van der Waals surface area contributed by atoms with Gasteiger partial charge in [0, 0.05) is 12.1 Å². The third kappa shape index (κ3) is 3.80. The number of ether oxygens (including phenoxy) is 1. The molecule has 0 N–H and O–H groups in total. The number of carbonyl (C=O) groups excluding carboxylic acids is 1. The maximum Gasteiger partial charge on any atom is 0.341 e. The monoisotopic (exact) mass is 290 g/mol. The molecule has 1 aromatic heterocycles. The molecule has 116 valence electrons. The molecule has 2 atom stereocenters. The van der Waals surface area contributed by atoms with Crippen LogP contribution in [0.1, 0.15) is 87.1 Å². The van der Waals surface area contributed by atoms with Gasteiger partial charge in [-0.25, -0.2) is 14.8 Å². The van der Waals surface area contributed by atoms with E-state index < -0.39 is 0 Å². The average Bonchev–Trinajstić information content (AvgIpc) is 2.46. The van der Waals surface area contributed by atoms with Gasteiger partial charge in [0.05, 0.1) is 17.9 Å². The maximum absolute atomic E-state index is 12.0. The fourth-order valence-electron chi connectivity index (χ4n) is 3.08. The van der Waals surface area contributed by atoms with Crippen molar-refractivity contribution in [3.63, 3.8) is 0 Å². The van der Waals surface area contributed by atoms with Gasteiger partial charge in [-0.15, -0.1) is 0 Å². The molecule has 0 radical (unpaired) electrons. The standard InChI is InChI=1S/C17H26N2O2/c1-5-21-17(20)14-10-18-16(19-15(14)11(2)3)13-8-6-7-12(4)9-13/h10-13H,5-9H2,1-4H3. The van der Waals surface area contributed by atoms with Crippen LogP contribution in [-0.4, -0.2) is 22.5 Å². The molecule has 21 heavy (non-hydrogen) atoms. The topological polar surface area (TPSA) is 52.1 Å². The van der Waals surface area contributed by atoms with Crippen LogP contribution in [-0.2, 0) is 4.74 Å². The Bertz CT molecular complexity index is 500. The minimum atomic E-state index is -0.315. The molecule has 4 heteroatoms. The number of rotatable bonds is 4. The predicted molar refractivity (Wildman–Crippen MR) is 82.5 cm³/mol. The van der Waals surface area contributed by atoms with Gasteiger partial charge in [-0.1, -0.05) is 33.6 Å². The first-order valence-corrected chi connectivity index (χ1v) is 8.06. The minimum Gasteiger partial charge on any atom is -0.462 e. The molecule has 0 amide bonds. The summed E-state index contributed by atoms with van der Waals surface area (Å²) in [6, 6.07) is 0. The van der Waals surface area contributed by atoms with Crippen molar-refractivity contribution in [2.24, 2.45) is 5.92 Å². The first kappa shape index (κ1) is 15.9. The van der Waals surface area contributed by atoms with Crippen molar-refractivity contribution in [3.8, 4) is 0 Å². The lowest BCUT2D eigenvalue weighted by Crippen LogP contribution is -2.18. The van der Waals surface area contributed by atoms with E-state index in [4.69, 9.17) is 9.72 Å². The van der Waals surface area contributed by atoms with Crippen LogP contribution in [0.5, 0.6) is 0 Å². The van der Waals surface area contributed by atoms with Crippen LogP contribution in [0.2, 0.25) is 0 Å². The summed E-state index contributed by atoms with van der Waals surface area (Å²) in [7, 11) is 0. The zero-order chi connectivity index (χ0) is 15.4. The molecule has 1 aliphatic rings. The van der Waals surface area contributed by atoms with Gasteiger partial charge in [-0.3, -0.25) is 0 Å². The predicted octanol–water partition coefficient (Wildman–Crippen LogP) is 4.07. The largest absolute Gasteiger partial charge is 0.462 e. The van der Waals surface area contributed by atoms with Gasteiger partial charge in [0.1, 0.15) is 5.82 Å². The van der Waals surface area contributed by atoms with Crippen molar-refractivity contribution in [1.82, 2.24) is 9.97 Å². The minimum absolute atomic E-state index is 0.187. The van der Waals surface area contributed by atoms with Crippen molar-refractivity contribution < 1.29 is 9.53 Å². The summed E-state index contributed by atoms with van der Waals surface area (Å²) in [5.74, 6) is 1.94. The van der Waals surface area contributed by atoms with E-state index in [9.17, 15) is 4.79 Å². The van der Waals surface area contributed by atoms with E-state index in [1.165, 1.54) is 12.8 Å². The molecule has 1 saturated carbocycles. The van der Waals surface area contributed by atoms with E-state index in [1.807, 2.05) is 6.92 Å². The van der Waals surface area contributed by atoms with Crippen LogP contribution in [0.15, 0.2) is 6.20 Å². The van der Waals surface area contributed by atoms with Crippen LogP contribution in [0, 0.1) is 5.92 Å². The van der Waals surface area contributed by atoms with Crippen molar-refractivity contribution >= 4 is 5.97 Å². The van der Waals surface area contributed by atoms with Crippen molar-refractivity contribution in [3.05, 3.63) is 23.3 Å². The Morgan fingerprint density at radius 1 is 1.43 bits per heavy atom. The molecule has 0 aliphatic heterocycles. The van der Waals surface area contributed by atoms with Crippen molar-refractivity contribution in [2.75, 3.05) is 6.61 Å². The molecular formula is C17H26N2O2. The fraction of sp³-hybridized carbons (Fsp3) is 0.706. The lowest BCUT2D eigenvalue weighted by Gasteiger charge is -2.26. The normalized spacial score (nSPS) is 22.3. The Labute approximate surface area is 127 Å². The SMILES string of the molecule is CCOC(=O)c1cnc(C2CCCC(C)C2)nc1C(C)C. The Morgan fingerprint density at radius 2 is 2.19 bits per heavy atom. The maximum atomic E-state index is 12.0. The quantitative estimate of drug-likeness (QED) is 0.784. The van der Waals surface area contributed by atoms with Crippen molar-refractivity contribution in [2.45, 2.75) is 65.2 Å². The summed E-state index contributed by atoms with van der Waals surface area (Å²) >= 11 is 0. The molecule has 2 unspecified atom stereocenters. The summed E-state index contributed by atoms with van der Waals surface area (Å²) in [4.78, 5) is 21.2. The van der Waals surface area contributed by atoms with Gasteiger partial charge < -0.3 is 4.74 Å². The molecule has 1 fully saturated rings. The van der Waals surface area contributed by atoms with E-state index in [1.54, 1.807) is 6.20 Å². The summed E-state index contributed by atoms with van der Waals surface area (Å²) in [5, 5.41) is 0. The highest BCUT2D eigenvalue weighted by Gasteiger charge is 2.25. The number of carbonyl (C=O) groups is 1. The van der Waals surface area contributed by atoms with Gasteiger partial charge in [0.2, 0.25) is 0 Å². The molecule has 0 bridgehead atoms. The zero-order valence-corrected chi connectivity index (χ0v) is 13.6. The Kier molecular flexibility index (Phi) is 5.32. The van der Waals surface area contributed by atoms with Gasteiger partial charge in [0.15, 0.2) is 0 Å². The van der Waals surface area contributed by atoms with Gasteiger partial charge in [0.25, 0.3) is 0 Å². The van der Waals surface area contributed by atoms with Gasteiger partial charge in [-0.2, -0.15) is 0 Å². The lowest BCUT2D eigenvalue weighted by atomic mass is 9.82. The zero-order valence-electron chi connectivity index (χ0n) is 13.6. The van der Waals surface area contributed by atoms with E-state index >= 15 is 0 Å². The first-order valence-electron chi connectivity index (χ1n) is 8.06.